The average molecular weight is 497 g/mol. The molecule has 0 radical (unpaired) electrons. The van der Waals surface area contributed by atoms with Crippen LogP contribution in [0.4, 0.5) is 16.6 Å². The van der Waals surface area contributed by atoms with Crippen molar-refractivity contribution in [2.75, 3.05) is 30.4 Å². The number of methoxy groups -OCH3 is 1. The minimum atomic E-state index is -1.24. The van der Waals surface area contributed by atoms with E-state index in [4.69, 9.17) is 47.8 Å². The van der Waals surface area contributed by atoms with Gasteiger partial charge in [-0.3, -0.25) is 0 Å². The van der Waals surface area contributed by atoms with Crippen molar-refractivity contribution in [3.05, 3.63) is 38.7 Å². The summed E-state index contributed by atoms with van der Waals surface area (Å²) in [5.41, 5.74) is 0.971. The third kappa shape index (κ3) is 4.79. The zero-order chi connectivity index (χ0) is 22.8. The molecule has 8 nitrogen and oxygen atoms in total. The van der Waals surface area contributed by atoms with Crippen LogP contribution in [0.1, 0.15) is 23.3 Å². The van der Waals surface area contributed by atoms with Gasteiger partial charge in [0, 0.05) is 37.4 Å². The lowest BCUT2D eigenvalue weighted by molar-refractivity contribution is 0.0415. The van der Waals surface area contributed by atoms with E-state index in [9.17, 15) is 4.79 Å². The fourth-order valence-corrected chi connectivity index (χ4v) is 5.20. The molecule has 1 aliphatic heterocycles. The van der Waals surface area contributed by atoms with Crippen LogP contribution in [0.15, 0.2) is 18.2 Å². The van der Waals surface area contributed by atoms with Gasteiger partial charge in [0.15, 0.2) is 0 Å². The van der Waals surface area contributed by atoms with E-state index in [0.29, 0.717) is 60.0 Å². The van der Waals surface area contributed by atoms with Gasteiger partial charge < -0.3 is 24.8 Å². The van der Waals surface area contributed by atoms with Crippen LogP contribution in [-0.2, 0) is 11.3 Å². The van der Waals surface area contributed by atoms with E-state index in [1.54, 1.807) is 7.11 Å². The number of halogens is 2. The number of fused-ring (bicyclic) bond motifs is 1. The molecule has 1 fully saturated rings. The van der Waals surface area contributed by atoms with Crippen LogP contribution in [0.25, 0.3) is 10.2 Å². The number of carboxylic acid groups (broad SMARTS) is 1. The highest BCUT2D eigenvalue weighted by Gasteiger charge is 2.25. The molecule has 0 atom stereocenters. The molecule has 4 rings (SSSR count). The van der Waals surface area contributed by atoms with Crippen molar-refractivity contribution in [3.63, 3.8) is 0 Å². The van der Waals surface area contributed by atoms with Gasteiger partial charge in [-0.2, -0.15) is 4.98 Å². The van der Waals surface area contributed by atoms with Gasteiger partial charge in [-0.1, -0.05) is 29.3 Å². The van der Waals surface area contributed by atoms with E-state index in [-0.39, 0.29) is 6.10 Å². The second kappa shape index (κ2) is 9.56. The van der Waals surface area contributed by atoms with Gasteiger partial charge >= 0.3 is 6.16 Å². The molecule has 11 heteroatoms. The number of nitrogens with zero attached hydrogens (tertiary/aromatic N) is 3. The number of aryl methyl sites for hydroxylation is 1. The van der Waals surface area contributed by atoms with Gasteiger partial charge in [-0.25, -0.2) is 9.78 Å². The molecule has 0 unspecified atom stereocenters. The third-order valence-corrected chi connectivity index (χ3v) is 7.19. The van der Waals surface area contributed by atoms with Crippen LogP contribution in [0.2, 0.25) is 10.0 Å². The van der Waals surface area contributed by atoms with Gasteiger partial charge in [0.25, 0.3) is 0 Å². The molecule has 0 saturated carbocycles. The summed E-state index contributed by atoms with van der Waals surface area (Å²) in [6.45, 7) is 3.66. The lowest BCUT2D eigenvalue weighted by Crippen LogP contribution is -2.38. The maximum absolute atomic E-state index is 10.8. The standard InChI is InChI=1S/C21H22Cl2N4O4S/c1-11-17(23)16-18(24-10-12-3-4-15(30-2)14(22)9-12)25-20(26-19(16)32-11)27-7-5-13(6-8-27)31-21(28)29/h3-4,9,13H,5-8,10H2,1-2H3,(H,28,29)(H,24,25,26). The van der Waals surface area contributed by atoms with E-state index in [1.807, 2.05) is 30.0 Å². The molecule has 1 aliphatic rings. The number of benzene rings is 1. The number of ether oxygens (including phenoxy) is 2. The van der Waals surface area contributed by atoms with Crippen molar-refractivity contribution >= 4 is 62.7 Å². The Balaban J connectivity index is 1.58. The first-order valence-corrected chi connectivity index (χ1v) is 11.6. The van der Waals surface area contributed by atoms with Gasteiger partial charge in [-0.05, 0) is 24.6 Å². The Labute approximate surface area is 199 Å². The lowest BCUT2D eigenvalue weighted by Gasteiger charge is -2.31. The number of anilines is 2. The fourth-order valence-electron chi connectivity index (χ4n) is 3.66. The zero-order valence-corrected chi connectivity index (χ0v) is 19.9. The van der Waals surface area contributed by atoms with Gasteiger partial charge in [0.1, 0.15) is 22.5 Å². The minimum absolute atomic E-state index is 0.302. The second-order valence-corrected chi connectivity index (χ2v) is 9.41. The highest BCUT2D eigenvalue weighted by atomic mass is 35.5. The smallest absolute Gasteiger partial charge is 0.495 e. The summed E-state index contributed by atoms with van der Waals surface area (Å²) in [6.07, 6.45) is -0.367. The van der Waals surface area contributed by atoms with Crippen molar-refractivity contribution in [2.45, 2.75) is 32.4 Å². The molecule has 0 amide bonds. The Morgan fingerprint density at radius 1 is 1.31 bits per heavy atom. The molecule has 1 saturated heterocycles. The predicted octanol–water partition coefficient (Wildman–Crippen LogP) is 5.59. The van der Waals surface area contributed by atoms with Crippen LogP contribution in [0.5, 0.6) is 5.75 Å². The number of aromatic nitrogens is 2. The number of rotatable bonds is 6. The van der Waals surface area contributed by atoms with E-state index in [1.165, 1.54) is 11.3 Å². The van der Waals surface area contributed by atoms with E-state index in [0.717, 1.165) is 20.7 Å². The molecule has 2 N–H and O–H groups in total. The summed E-state index contributed by atoms with van der Waals surface area (Å²) in [5, 5.41) is 14.2. The Kier molecular flexibility index (Phi) is 6.78. The Hall–Kier alpha value is -2.49. The van der Waals surface area contributed by atoms with Crippen molar-refractivity contribution in [1.29, 1.82) is 0 Å². The molecule has 0 bridgehead atoms. The molecule has 3 heterocycles. The van der Waals surface area contributed by atoms with E-state index >= 15 is 0 Å². The van der Waals surface area contributed by atoms with E-state index in [2.05, 4.69) is 5.32 Å². The SMILES string of the molecule is COc1ccc(CNc2nc(N3CCC(OC(=O)O)CC3)nc3sc(C)c(Cl)c23)cc1Cl. The highest BCUT2D eigenvalue weighted by Crippen LogP contribution is 2.39. The highest BCUT2D eigenvalue weighted by molar-refractivity contribution is 7.19. The van der Waals surface area contributed by atoms with Gasteiger partial charge in [0.05, 0.1) is 22.5 Å². The summed E-state index contributed by atoms with van der Waals surface area (Å²) in [6, 6.07) is 5.61. The summed E-state index contributed by atoms with van der Waals surface area (Å²) < 4.78 is 10.1. The van der Waals surface area contributed by atoms with Gasteiger partial charge in [-0.15, -0.1) is 11.3 Å². The Bertz CT molecular complexity index is 1150. The molecule has 0 aliphatic carbocycles. The van der Waals surface area contributed by atoms with Crippen LogP contribution in [0.3, 0.4) is 0 Å². The number of thiophene rings is 1. The number of hydrogen-bond donors (Lipinski definition) is 2. The lowest BCUT2D eigenvalue weighted by atomic mass is 10.1. The molecule has 0 spiro atoms. The largest absolute Gasteiger partial charge is 0.506 e. The van der Waals surface area contributed by atoms with Crippen LogP contribution >= 0.6 is 34.5 Å². The first-order valence-electron chi connectivity index (χ1n) is 10.0. The maximum atomic E-state index is 10.8. The molecule has 170 valence electrons. The molecular formula is C21H22Cl2N4O4S. The summed E-state index contributed by atoms with van der Waals surface area (Å²) >= 11 is 14.3. The zero-order valence-electron chi connectivity index (χ0n) is 17.5. The summed E-state index contributed by atoms with van der Waals surface area (Å²) in [5.74, 6) is 1.85. The monoisotopic (exact) mass is 496 g/mol. The normalized spacial score (nSPS) is 14.6. The van der Waals surface area contributed by atoms with E-state index < -0.39 is 6.16 Å². The first-order chi connectivity index (χ1) is 15.4. The van der Waals surface area contributed by atoms with Crippen LogP contribution in [0, 0.1) is 6.92 Å². The summed E-state index contributed by atoms with van der Waals surface area (Å²) in [4.78, 5) is 24.1. The number of hydrogen-bond acceptors (Lipinski definition) is 8. The third-order valence-electron chi connectivity index (χ3n) is 5.31. The quantitative estimate of drug-likeness (QED) is 0.426. The van der Waals surface area contributed by atoms with Crippen molar-refractivity contribution in [2.24, 2.45) is 0 Å². The Morgan fingerprint density at radius 2 is 2.06 bits per heavy atom. The first kappa shape index (κ1) is 22.7. The minimum Gasteiger partial charge on any atom is -0.495 e. The van der Waals surface area contributed by atoms with Crippen molar-refractivity contribution in [1.82, 2.24) is 9.97 Å². The van der Waals surface area contributed by atoms with Crippen LogP contribution < -0.4 is 15.0 Å². The average Bonchev–Trinajstić information content (AvgIpc) is 3.06. The summed E-state index contributed by atoms with van der Waals surface area (Å²) in [7, 11) is 1.58. The second-order valence-electron chi connectivity index (χ2n) is 7.42. The molecule has 3 aromatic rings. The molecular weight excluding hydrogens is 475 g/mol. The van der Waals surface area contributed by atoms with Gasteiger partial charge in [0.2, 0.25) is 5.95 Å². The molecule has 1 aromatic carbocycles. The fraction of sp³-hybridized carbons (Fsp3) is 0.381. The molecule has 2 aromatic heterocycles. The maximum Gasteiger partial charge on any atom is 0.506 e. The molecule has 32 heavy (non-hydrogen) atoms. The number of piperidine rings is 1. The number of nitrogens with one attached hydrogen (secondary N) is 1. The predicted molar refractivity (Wildman–Crippen MR) is 127 cm³/mol. The van der Waals surface area contributed by atoms with Crippen molar-refractivity contribution < 1.29 is 19.4 Å². The van der Waals surface area contributed by atoms with Crippen molar-refractivity contribution in [3.8, 4) is 5.75 Å². The topological polar surface area (TPSA) is 96.8 Å². The van der Waals surface area contributed by atoms with Crippen LogP contribution in [-0.4, -0.2) is 47.5 Å². The number of carbonyl (C=O) groups is 1. The Morgan fingerprint density at radius 3 is 2.72 bits per heavy atom.